The molecule has 188 valence electrons. The highest BCUT2D eigenvalue weighted by molar-refractivity contribution is 7.96. The molecule has 6 nitrogen and oxygen atoms in total. The van der Waals surface area contributed by atoms with E-state index in [-0.39, 0.29) is 17.0 Å². The molecule has 4 rings (SSSR count). The van der Waals surface area contributed by atoms with Gasteiger partial charge in [-0.3, -0.25) is 4.79 Å². The molecule has 2 aliphatic carbocycles. The van der Waals surface area contributed by atoms with Gasteiger partial charge in [-0.05, 0) is 83.6 Å². The van der Waals surface area contributed by atoms with Crippen LogP contribution in [0.2, 0.25) is 0 Å². The van der Waals surface area contributed by atoms with Crippen molar-refractivity contribution in [2.75, 3.05) is 11.1 Å². The van der Waals surface area contributed by atoms with E-state index < -0.39 is 27.2 Å². The van der Waals surface area contributed by atoms with E-state index in [4.69, 9.17) is 0 Å². The second-order valence-corrected chi connectivity index (χ2v) is 12.1. The average molecular weight is 500 g/mol. The van der Waals surface area contributed by atoms with Gasteiger partial charge in [-0.1, -0.05) is 23.8 Å². The first kappa shape index (κ1) is 25.4. The van der Waals surface area contributed by atoms with Crippen LogP contribution in [0.4, 0.5) is 10.1 Å². The highest BCUT2D eigenvalue weighted by Crippen LogP contribution is 2.33. The molecule has 1 aromatic carbocycles. The van der Waals surface area contributed by atoms with E-state index >= 15 is 0 Å². The molecule has 8 heteroatoms. The average Bonchev–Trinajstić information content (AvgIpc) is 2.80. The van der Waals surface area contributed by atoms with Crippen LogP contribution in [0.5, 0.6) is 0 Å². The summed E-state index contributed by atoms with van der Waals surface area (Å²) in [5.41, 5.74) is 1.57. The molecule has 35 heavy (non-hydrogen) atoms. The van der Waals surface area contributed by atoms with Gasteiger partial charge in [0.2, 0.25) is 5.91 Å². The van der Waals surface area contributed by atoms with Crippen LogP contribution < -0.4 is 10.6 Å². The van der Waals surface area contributed by atoms with E-state index in [1.165, 1.54) is 13.8 Å². The molecule has 1 saturated carbocycles. The van der Waals surface area contributed by atoms with E-state index in [1.54, 1.807) is 18.2 Å². The Balaban J connectivity index is 1.38. The fourth-order valence-corrected chi connectivity index (χ4v) is 5.98. The van der Waals surface area contributed by atoms with Gasteiger partial charge in [-0.2, -0.15) is 0 Å². The van der Waals surface area contributed by atoms with Gasteiger partial charge >= 0.3 is 0 Å². The van der Waals surface area contributed by atoms with Gasteiger partial charge in [0.25, 0.3) is 0 Å². The standard InChI is InChI=1S/C27H34FN3O3S/c1-18-9-14-23-22(15-18)24(16-25(31-23)27(2,3)28)29-19-10-12-20(13-11-19)30-26(32)17-35(33,34)21-7-5-4-6-8-21/h5,7-9,14-16,19-20H,4,6,10-13,17H2,1-3H3,(H,29,31)(H,30,32). The lowest BCUT2D eigenvalue weighted by Gasteiger charge is -2.31. The third-order valence-electron chi connectivity index (χ3n) is 6.67. The van der Waals surface area contributed by atoms with Gasteiger partial charge in [0.05, 0.1) is 16.1 Å². The monoisotopic (exact) mass is 499 g/mol. The molecule has 2 aliphatic rings. The zero-order valence-electron chi connectivity index (χ0n) is 20.6. The van der Waals surface area contributed by atoms with Crippen LogP contribution in [-0.4, -0.2) is 37.1 Å². The van der Waals surface area contributed by atoms with Crippen molar-refractivity contribution in [3.63, 3.8) is 0 Å². The molecule has 0 bridgehead atoms. The summed E-state index contributed by atoms with van der Waals surface area (Å²) < 4.78 is 39.7. The first-order valence-electron chi connectivity index (χ1n) is 12.3. The fourth-order valence-electron chi connectivity index (χ4n) is 4.71. The van der Waals surface area contributed by atoms with Gasteiger partial charge in [-0.15, -0.1) is 0 Å². The van der Waals surface area contributed by atoms with Crippen molar-refractivity contribution in [2.45, 2.75) is 77.0 Å². The van der Waals surface area contributed by atoms with E-state index in [9.17, 15) is 17.6 Å². The Morgan fingerprint density at radius 1 is 1.11 bits per heavy atom. The smallest absolute Gasteiger partial charge is 0.235 e. The summed E-state index contributed by atoms with van der Waals surface area (Å²) in [6, 6.07) is 7.88. The maximum atomic E-state index is 14.7. The number of anilines is 1. The molecule has 0 unspecified atom stereocenters. The number of halogens is 1. The molecule has 1 fully saturated rings. The zero-order chi connectivity index (χ0) is 25.2. The molecular formula is C27H34FN3O3S. The highest BCUT2D eigenvalue weighted by atomic mass is 32.2. The molecule has 1 amide bonds. The van der Waals surface area contributed by atoms with Crippen molar-refractivity contribution in [2.24, 2.45) is 0 Å². The number of hydrogen-bond acceptors (Lipinski definition) is 5. The number of sulfone groups is 1. The number of nitrogens with zero attached hydrogens (tertiary/aromatic N) is 1. The Morgan fingerprint density at radius 3 is 2.49 bits per heavy atom. The van der Waals surface area contributed by atoms with Gasteiger partial charge in [0.1, 0.15) is 11.4 Å². The Morgan fingerprint density at radius 2 is 1.83 bits per heavy atom. The number of aryl methyl sites for hydroxylation is 1. The molecule has 1 heterocycles. The lowest BCUT2D eigenvalue weighted by molar-refractivity contribution is -0.119. The van der Waals surface area contributed by atoms with Crippen molar-refractivity contribution in [3.8, 4) is 0 Å². The third-order valence-corrected chi connectivity index (χ3v) is 8.33. The Hall–Kier alpha value is -2.74. The number of pyridine rings is 1. The SMILES string of the molecule is Cc1ccc2nc(C(C)(C)F)cc(NC3CCC(NC(=O)CS(=O)(=O)C4=CCCC=C4)CC3)c2c1. The van der Waals surface area contributed by atoms with E-state index in [0.717, 1.165) is 54.3 Å². The van der Waals surface area contributed by atoms with Crippen molar-refractivity contribution in [1.29, 1.82) is 0 Å². The van der Waals surface area contributed by atoms with Crippen LogP contribution >= 0.6 is 0 Å². The predicted molar refractivity (Wildman–Crippen MR) is 139 cm³/mol. The summed E-state index contributed by atoms with van der Waals surface area (Å²) in [6.07, 6.45) is 9.71. The minimum absolute atomic E-state index is 0.0524. The summed E-state index contributed by atoms with van der Waals surface area (Å²) in [7, 11) is -3.61. The number of fused-ring (bicyclic) bond motifs is 1. The lowest BCUT2D eigenvalue weighted by Crippen LogP contribution is -2.42. The number of alkyl halides is 1. The van der Waals surface area contributed by atoms with Crippen LogP contribution in [0, 0.1) is 6.92 Å². The number of amides is 1. The Labute approximate surface area is 207 Å². The number of benzene rings is 1. The van der Waals surface area contributed by atoms with Crippen molar-refractivity contribution < 1.29 is 17.6 Å². The van der Waals surface area contributed by atoms with Crippen LogP contribution in [0.1, 0.15) is 63.6 Å². The van der Waals surface area contributed by atoms with Crippen molar-refractivity contribution in [3.05, 3.63) is 58.7 Å². The maximum absolute atomic E-state index is 14.7. The summed E-state index contributed by atoms with van der Waals surface area (Å²) in [4.78, 5) is 17.2. The molecule has 0 spiro atoms. The lowest BCUT2D eigenvalue weighted by atomic mass is 9.90. The summed E-state index contributed by atoms with van der Waals surface area (Å²) in [6.45, 7) is 5.04. The number of nitrogens with one attached hydrogen (secondary N) is 2. The molecule has 0 aliphatic heterocycles. The fraction of sp³-hybridized carbons (Fsp3) is 0.481. The number of hydrogen-bond donors (Lipinski definition) is 2. The molecule has 1 aromatic heterocycles. The van der Waals surface area contributed by atoms with E-state index in [2.05, 4.69) is 21.7 Å². The zero-order valence-corrected chi connectivity index (χ0v) is 21.4. The molecule has 0 radical (unpaired) electrons. The molecular weight excluding hydrogens is 465 g/mol. The molecule has 2 N–H and O–H groups in total. The van der Waals surface area contributed by atoms with Crippen molar-refractivity contribution >= 4 is 32.3 Å². The third kappa shape index (κ3) is 6.28. The summed E-state index contributed by atoms with van der Waals surface area (Å²) >= 11 is 0. The first-order chi connectivity index (χ1) is 16.5. The molecule has 0 saturated heterocycles. The van der Waals surface area contributed by atoms with Gasteiger partial charge in [0, 0.05) is 23.2 Å². The predicted octanol–water partition coefficient (Wildman–Crippen LogP) is 5.24. The van der Waals surface area contributed by atoms with Crippen LogP contribution in [0.25, 0.3) is 10.9 Å². The highest BCUT2D eigenvalue weighted by Gasteiger charge is 2.27. The molecule has 0 atom stereocenters. The number of carbonyl (C=O) groups excluding carboxylic acids is 1. The second kappa shape index (κ2) is 10.1. The van der Waals surface area contributed by atoms with E-state index in [0.29, 0.717) is 12.1 Å². The van der Waals surface area contributed by atoms with E-state index in [1.807, 2.05) is 25.1 Å². The number of carbonyl (C=O) groups is 1. The normalized spacial score (nSPS) is 21.0. The van der Waals surface area contributed by atoms with Crippen LogP contribution in [0.15, 0.2) is 47.4 Å². The topological polar surface area (TPSA) is 88.2 Å². The largest absolute Gasteiger partial charge is 0.382 e. The second-order valence-electron chi connectivity index (χ2n) is 10.2. The van der Waals surface area contributed by atoms with Gasteiger partial charge in [-0.25, -0.2) is 17.8 Å². The maximum Gasteiger partial charge on any atom is 0.235 e. The Bertz CT molecular complexity index is 1270. The van der Waals surface area contributed by atoms with Crippen LogP contribution in [0.3, 0.4) is 0 Å². The van der Waals surface area contributed by atoms with Gasteiger partial charge < -0.3 is 10.6 Å². The number of allylic oxidation sites excluding steroid dienone is 3. The summed E-state index contributed by atoms with van der Waals surface area (Å²) in [5.74, 6) is -0.974. The number of rotatable bonds is 7. The number of aromatic nitrogens is 1. The Kier molecular flexibility index (Phi) is 7.31. The minimum atomic E-state index is -3.61. The molecule has 2 aromatic rings. The van der Waals surface area contributed by atoms with Crippen LogP contribution in [-0.2, 0) is 20.3 Å². The van der Waals surface area contributed by atoms with Crippen molar-refractivity contribution in [1.82, 2.24) is 10.3 Å². The minimum Gasteiger partial charge on any atom is -0.382 e. The summed E-state index contributed by atoms with van der Waals surface area (Å²) in [5, 5.41) is 7.46. The first-order valence-corrected chi connectivity index (χ1v) is 13.9. The van der Waals surface area contributed by atoms with Gasteiger partial charge in [0.15, 0.2) is 9.84 Å². The quantitative estimate of drug-likeness (QED) is 0.544.